The number of hydrogen-bond acceptors (Lipinski definition) is 3. The van der Waals surface area contributed by atoms with Gasteiger partial charge in [0.1, 0.15) is 5.76 Å². The molecule has 114 valence electrons. The van der Waals surface area contributed by atoms with Crippen LogP contribution in [0.1, 0.15) is 30.1 Å². The lowest BCUT2D eigenvalue weighted by Gasteiger charge is -2.22. The summed E-state index contributed by atoms with van der Waals surface area (Å²) >= 11 is 0. The van der Waals surface area contributed by atoms with Crippen molar-refractivity contribution in [2.24, 2.45) is 0 Å². The SMILES string of the molecule is O=C(C=Cc1ccco1)C(CN1CCCC1)c1ccccc1. The molecule has 2 heterocycles. The van der Waals surface area contributed by atoms with Crippen LogP contribution in [0.2, 0.25) is 0 Å². The Labute approximate surface area is 131 Å². The molecule has 3 heteroatoms. The molecule has 1 saturated heterocycles. The van der Waals surface area contributed by atoms with Gasteiger partial charge in [-0.05, 0) is 55.8 Å². The van der Waals surface area contributed by atoms with Crippen LogP contribution in [0.5, 0.6) is 0 Å². The molecule has 0 aliphatic carbocycles. The summed E-state index contributed by atoms with van der Waals surface area (Å²) in [5.74, 6) is 0.737. The maximum atomic E-state index is 12.7. The number of allylic oxidation sites excluding steroid dienone is 1. The summed E-state index contributed by atoms with van der Waals surface area (Å²) < 4.78 is 5.25. The summed E-state index contributed by atoms with van der Waals surface area (Å²) in [6.07, 6.45) is 7.48. The second-order valence-electron chi connectivity index (χ2n) is 5.72. The van der Waals surface area contributed by atoms with Crippen LogP contribution in [0.15, 0.2) is 59.2 Å². The minimum absolute atomic E-state index is 0.106. The monoisotopic (exact) mass is 295 g/mol. The second-order valence-corrected chi connectivity index (χ2v) is 5.72. The van der Waals surface area contributed by atoms with Crippen molar-refractivity contribution in [1.29, 1.82) is 0 Å². The standard InChI is InChI=1S/C19H21NO2/c21-19(11-10-17-9-6-14-22-17)18(15-20-12-4-5-13-20)16-7-2-1-3-8-16/h1-3,6-11,14,18H,4-5,12-13,15H2. The highest BCUT2D eigenvalue weighted by atomic mass is 16.3. The average Bonchev–Trinajstić information content (AvgIpc) is 3.24. The average molecular weight is 295 g/mol. The molecular weight excluding hydrogens is 274 g/mol. The van der Waals surface area contributed by atoms with E-state index in [1.54, 1.807) is 18.4 Å². The number of hydrogen-bond donors (Lipinski definition) is 0. The van der Waals surface area contributed by atoms with E-state index in [1.165, 1.54) is 12.8 Å². The Morgan fingerprint density at radius 1 is 1.14 bits per heavy atom. The third kappa shape index (κ3) is 3.74. The Morgan fingerprint density at radius 3 is 2.59 bits per heavy atom. The van der Waals surface area contributed by atoms with E-state index in [2.05, 4.69) is 4.90 Å². The molecule has 0 amide bonds. The van der Waals surface area contributed by atoms with Crippen molar-refractivity contribution in [3.8, 4) is 0 Å². The fourth-order valence-electron chi connectivity index (χ4n) is 2.93. The lowest BCUT2D eigenvalue weighted by atomic mass is 9.93. The molecule has 0 saturated carbocycles. The smallest absolute Gasteiger partial charge is 0.164 e. The summed E-state index contributed by atoms with van der Waals surface area (Å²) in [6.45, 7) is 2.99. The molecular formula is C19H21NO2. The number of ketones is 1. The van der Waals surface area contributed by atoms with E-state index >= 15 is 0 Å². The van der Waals surface area contributed by atoms with Crippen LogP contribution in [0.3, 0.4) is 0 Å². The molecule has 2 aromatic rings. The van der Waals surface area contributed by atoms with Gasteiger partial charge in [-0.1, -0.05) is 30.3 Å². The third-order valence-corrected chi connectivity index (χ3v) is 4.14. The van der Waals surface area contributed by atoms with Gasteiger partial charge in [-0.25, -0.2) is 0 Å². The van der Waals surface area contributed by atoms with Crippen molar-refractivity contribution in [3.63, 3.8) is 0 Å². The van der Waals surface area contributed by atoms with Crippen LogP contribution in [-0.4, -0.2) is 30.3 Å². The predicted molar refractivity (Wildman–Crippen MR) is 87.6 cm³/mol. The molecule has 0 bridgehead atoms. The minimum Gasteiger partial charge on any atom is -0.465 e. The van der Waals surface area contributed by atoms with Gasteiger partial charge in [0.05, 0.1) is 12.2 Å². The Balaban J connectivity index is 1.76. The number of carbonyl (C=O) groups is 1. The van der Waals surface area contributed by atoms with Crippen molar-refractivity contribution in [2.75, 3.05) is 19.6 Å². The van der Waals surface area contributed by atoms with Crippen LogP contribution >= 0.6 is 0 Å². The van der Waals surface area contributed by atoms with Gasteiger partial charge in [0.25, 0.3) is 0 Å². The molecule has 1 aromatic carbocycles. The van der Waals surface area contributed by atoms with Gasteiger partial charge in [-0.2, -0.15) is 0 Å². The number of benzene rings is 1. The summed E-state index contributed by atoms with van der Waals surface area (Å²) in [7, 11) is 0. The highest BCUT2D eigenvalue weighted by Crippen LogP contribution is 2.22. The Morgan fingerprint density at radius 2 is 1.91 bits per heavy atom. The first-order chi connectivity index (χ1) is 10.8. The highest BCUT2D eigenvalue weighted by Gasteiger charge is 2.23. The number of nitrogens with zero attached hydrogens (tertiary/aromatic N) is 1. The first-order valence-electron chi connectivity index (χ1n) is 7.85. The fraction of sp³-hybridized carbons (Fsp3) is 0.316. The zero-order chi connectivity index (χ0) is 15.2. The van der Waals surface area contributed by atoms with Gasteiger partial charge >= 0.3 is 0 Å². The molecule has 0 radical (unpaired) electrons. The molecule has 1 fully saturated rings. The fourth-order valence-corrected chi connectivity index (χ4v) is 2.93. The van der Waals surface area contributed by atoms with E-state index < -0.39 is 0 Å². The predicted octanol–water partition coefficient (Wildman–Crippen LogP) is 3.74. The van der Waals surface area contributed by atoms with E-state index in [0.29, 0.717) is 5.76 Å². The molecule has 1 aliphatic heterocycles. The number of carbonyl (C=O) groups excluding carboxylic acids is 1. The molecule has 3 nitrogen and oxygen atoms in total. The van der Waals surface area contributed by atoms with Crippen LogP contribution in [0, 0.1) is 0 Å². The largest absolute Gasteiger partial charge is 0.465 e. The van der Waals surface area contributed by atoms with E-state index in [-0.39, 0.29) is 11.7 Å². The topological polar surface area (TPSA) is 33.5 Å². The van der Waals surface area contributed by atoms with Crippen molar-refractivity contribution < 1.29 is 9.21 Å². The first-order valence-corrected chi connectivity index (χ1v) is 7.85. The molecule has 1 atom stereocenters. The molecule has 1 unspecified atom stereocenters. The molecule has 1 aromatic heterocycles. The maximum absolute atomic E-state index is 12.7. The molecule has 3 rings (SSSR count). The van der Waals surface area contributed by atoms with Gasteiger partial charge in [-0.15, -0.1) is 0 Å². The molecule has 0 spiro atoms. The number of likely N-dealkylation sites (tertiary alicyclic amines) is 1. The molecule has 22 heavy (non-hydrogen) atoms. The normalized spacial score (nSPS) is 17.1. The molecule has 1 aliphatic rings. The second kappa shape index (κ2) is 7.23. The van der Waals surface area contributed by atoms with Gasteiger partial charge < -0.3 is 9.32 Å². The van der Waals surface area contributed by atoms with Crippen molar-refractivity contribution in [3.05, 3.63) is 66.1 Å². The first kappa shape index (κ1) is 14.8. The van der Waals surface area contributed by atoms with E-state index in [4.69, 9.17) is 4.42 Å². The van der Waals surface area contributed by atoms with Crippen molar-refractivity contribution in [1.82, 2.24) is 4.90 Å². The van der Waals surface area contributed by atoms with Gasteiger partial charge in [0.15, 0.2) is 5.78 Å². The van der Waals surface area contributed by atoms with Crippen molar-refractivity contribution in [2.45, 2.75) is 18.8 Å². The maximum Gasteiger partial charge on any atom is 0.164 e. The number of furan rings is 1. The Bertz CT molecular complexity index is 610. The Kier molecular flexibility index (Phi) is 4.86. The highest BCUT2D eigenvalue weighted by molar-refractivity contribution is 5.98. The quantitative estimate of drug-likeness (QED) is 0.761. The Hall–Kier alpha value is -2.13. The summed E-state index contributed by atoms with van der Waals surface area (Å²) in [5.41, 5.74) is 1.09. The minimum atomic E-state index is -0.106. The number of rotatable bonds is 6. The summed E-state index contributed by atoms with van der Waals surface area (Å²) in [6, 6.07) is 13.7. The lowest BCUT2D eigenvalue weighted by Crippen LogP contribution is -2.29. The van der Waals surface area contributed by atoms with E-state index in [9.17, 15) is 4.79 Å². The van der Waals surface area contributed by atoms with Crippen LogP contribution in [0.25, 0.3) is 6.08 Å². The van der Waals surface area contributed by atoms with Crippen LogP contribution in [-0.2, 0) is 4.79 Å². The van der Waals surface area contributed by atoms with Gasteiger partial charge in [0, 0.05) is 6.54 Å². The summed E-state index contributed by atoms with van der Waals surface area (Å²) in [4.78, 5) is 15.1. The van der Waals surface area contributed by atoms with Crippen molar-refractivity contribution >= 4 is 11.9 Å². The van der Waals surface area contributed by atoms with E-state index in [0.717, 1.165) is 25.2 Å². The zero-order valence-electron chi connectivity index (χ0n) is 12.7. The third-order valence-electron chi connectivity index (χ3n) is 4.14. The van der Waals surface area contributed by atoms with Crippen LogP contribution in [0.4, 0.5) is 0 Å². The zero-order valence-corrected chi connectivity index (χ0v) is 12.7. The van der Waals surface area contributed by atoms with Crippen LogP contribution < -0.4 is 0 Å². The van der Waals surface area contributed by atoms with E-state index in [1.807, 2.05) is 42.5 Å². The lowest BCUT2D eigenvalue weighted by molar-refractivity contribution is -0.116. The molecule has 0 N–H and O–H groups in total. The summed E-state index contributed by atoms with van der Waals surface area (Å²) in [5, 5.41) is 0. The van der Waals surface area contributed by atoms with Gasteiger partial charge in [0.2, 0.25) is 0 Å². The van der Waals surface area contributed by atoms with Gasteiger partial charge in [-0.3, -0.25) is 4.79 Å².